The summed E-state index contributed by atoms with van der Waals surface area (Å²) in [6, 6.07) is 7.98. The van der Waals surface area contributed by atoms with Gasteiger partial charge in [0.25, 0.3) is 0 Å². The summed E-state index contributed by atoms with van der Waals surface area (Å²) in [7, 11) is 1.67. The maximum Gasteiger partial charge on any atom is 0.123 e. The predicted octanol–water partition coefficient (Wildman–Crippen LogP) is 1.88. The van der Waals surface area contributed by atoms with Crippen LogP contribution in [0.5, 0.6) is 5.75 Å². The van der Waals surface area contributed by atoms with Gasteiger partial charge >= 0.3 is 0 Å². The van der Waals surface area contributed by atoms with Gasteiger partial charge in [0.2, 0.25) is 0 Å². The molecule has 0 aromatic heterocycles. The van der Waals surface area contributed by atoms with E-state index in [2.05, 4.69) is 11.9 Å². The first kappa shape index (κ1) is 15.7. The number of rotatable bonds is 9. The zero-order valence-corrected chi connectivity index (χ0v) is 11.8. The van der Waals surface area contributed by atoms with Gasteiger partial charge in [-0.15, -0.1) is 0 Å². The van der Waals surface area contributed by atoms with Crippen molar-refractivity contribution in [1.29, 1.82) is 0 Å². The molecule has 0 aliphatic heterocycles. The van der Waals surface area contributed by atoms with E-state index in [1.807, 2.05) is 31.2 Å². The van der Waals surface area contributed by atoms with Gasteiger partial charge < -0.3 is 20.5 Å². The van der Waals surface area contributed by atoms with Crippen LogP contribution in [0.3, 0.4) is 0 Å². The highest BCUT2D eigenvalue weighted by molar-refractivity contribution is 5.36. The summed E-state index contributed by atoms with van der Waals surface area (Å²) >= 11 is 0. The standard InChI is InChI=1S/C15H24N2O2/c1-12(2)11-19-9-8-17-14(10-16)13-6-4-5-7-15(13)18-3/h4-7,14,17H,1,8-11,16H2,2-3H3. The van der Waals surface area contributed by atoms with Gasteiger partial charge in [-0.05, 0) is 13.0 Å². The van der Waals surface area contributed by atoms with Gasteiger partial charge in [0, 0.05) is 24.7 Å². The Morgan fingerprint density at radius 2 is 2.16 bits per heavy atom. The van der Waals surface area contributed by atoms with Crippen LogP contribution < -0.4 is 15.8 Å². The van der Waals surface area contributed by atoms with Crippen LogP contribution in [0.1, 0.15) is 18.5 Å². The van der Waals surface area contributed by atoms with Crippen molar-refractivity contribution in [3.05, 3.63) is 42.0 Å². The Morgan fingerprint density at radius 1 is 1.42 bits per heavy atom. The van der Waals surface area contributed by atoms with E-state index >= 15 is 0 Å². The topological polar surface area (TPSA) is 56.5 Å². The second kappa shape index (κ2) is 8.69. The lowest BCUT2D eigenvalue weighted by atomic mass is 10.1. The SMILES string of the molecule is C=C(C)COCCNC(CN)c1ccccc1OC. The second-order valence-electron chi connectivity index (χ2n) is 4.49. The fourth-order valence-corrected chi connectivity index (χ4v) is 1.83. The number of hydrogen-bond donors (Lipinski definition) is 2. The van der Waals surface area contributed by atoms with Crippen LogP contribution in [0.15, 0.2) is 36.4 Å². The molecule has 0 saturated carbocycles. The normalized spacial score (nSPS) is 12.2. The molecule has 1 unspecified atom stereocenters. The first-order valence-electron chi connectivity index (χ1n) is 6.47. The number of methoxy groups -OCH3 is 1. The van der Waals surface area contributed by atoms with Crippen LogP contribution in [0, 0.1) is 0 Å². The largest absolute Gasteiger partial charge is 0.496 e. The Hall–Kier alpha value is -1.36. The minimum absolute atomic E-state index is 0.0737. The summed E-state index contributed by atoms with van der Waals surface area (Å²) in [6.07, 6.45) is 0. The number of benzene rings is 1. The zero-order chi connectivity index (χ0) is 14.1. The highest BCUT2D eigenvalue weighted by atomic mass is 16.5. The fraction of sp³-hybridized carbons (Fsp3) is 0.467. The number of ether oxygens (including phenoxy) is 2. The summed E-state index contributed by atoms with van der Waals surface area (Å²) in [5.41, 5.74) is 7.92. The third-order valence-corrected chi connectivity index (χ3v) is 2.74. The van der Waals surface area contributed by atoms with Crippen molar-refractivity contribution in [3.8, 4) is 5.75 Å². The number of nitrogens with one attached hydrogen (secondary N) is 1. The van der Waals surface area contributed by atoms with Gasteiger partial charge in [0.1, 0.15) is 5.75 Å². The number of nitrogens with two attached hydrogens (primary N) is 1. The van der Waals surface area contributed by atoms with Crippen LogP contribution in [-0.2, 0) is 4.74 Å². The van der Waals surface area contributed by atoms with Crippen LogP contribution in [0.2, 0.25) is 0 Å². The molecule has 19 heavy (non-hydrogen) atoms. The third-order valence-electron chi connectivity index (χ3n) is 2.74. The lowest BCUT2D eigenvalue weighted by molar-refractivity contribution is 0.155. The summed E-state index contributed by atoms with van der Waals surface area (Å²) in [6.45, 7) is 8.24. The Labute approximate surface area is 115 Å². The first-order chi connectivity index (χ1) is 9.19. The van der Waals surface area contributed by atoms with Crippen molar-refractivity contribution in [3.63, 3.8) is 0 Å². The van der Waals surface area contributed by atoms with E-state index in [1.165, 1.54) is 0 Å². The predicted molar refractivity (Wildman–Crippen MR) is 78.4 cm³/mol. The van der Waals surface area contributed by atoms with Crippen molar-refractivity contribution < 1.29 is 9.47 Å². The molecule has 1 atom stereocenters. The molecule has 0 heterocycles. The van der Waals surface area contributed by atoms with Crippen molar-refractivity contribution in [2.45, 2.75) is 13.0 Å². The van der Waals surface area contributed by atoms with Crippen molar-refractivity contribution in [1.82, 2.24) is 5.32 Å². The maximum atomic E-state index is 5.82. The smallest absolute Gasteiger partial charge is 0.123 e. The summed E-state index contributed by atoms with van der Waals surface area (Å²) in [5.74, 6) is 0.855. The molecule has 0 spiro atoms. The lowest BCUT2D eigenvalue weighted by Crippen LogP contribution is -2.31. The molecule has 106 valence electrons. The average molecular weight is 264 g/mol. The van der Waals surface area contributed by atoms with E-state index in [0.29, 0.717) is 19.8 Å². The second-order valence-corrected chi connectivity index (χ2v) is 4.49. The molecule has 0 saturated heterocycles. The molecule has 0 fully saturated rings. The van der Waals surface area contributed by atoms with E-state index < -0.39 is 0 Å². The summed E-state index contributed by atoms with van der Waals surface area (Å²) < 4.78 is 10.8. The third kappa shape index (κ3) is 5.42. The average Bonchev–Trinajstić information content (AvgIpc) is 2.42. The maximum absolute atomic E-state index is 5.82. The van der Waals surface area contributed by atoms with Gasteiger partial charge in [0.15, 0.2) is 0 Å². The molecule has 0 amide bonds. The van der Waals surface area contributed by atoms with Crippen LogP contribution >= 0.6 is 0 Å². The molecule has 3 N–H and O–H groups in total. The van der Waals surface area contributed by atoms with Crippen LogP contribution in [0.25, 0.3) is 0 Å². The molecule has 1 aromatic rings. The minimum Gasteiger partial charge on any atom is -0.496 e. The quantitative estimate of drug-likeness (QED) is 0.528. The molecule has 0 radical (unpaired) electrons. The van der Waals surface area contributed by atoms with E-state index in [1.54, 1.807) is 7.11 Å². The van der Waals surface area contributed by atoms with Gasteiger partial charge in [-0.25, -0.2) is 0 Å². The summed E-state index contributed by atoms with van der Waals surface area (Å²) in [5, 5.41) is 3.37. The van der Waals surface area contributed by atoms with Gasteiger partial charge in [0.05, 0.1) is 20.3 Å². The van der Waals surface area contributed by atoms with E-state index in [9.17, 15) is 0 Å². The molecule has 0 bridgehead atoms. The van der Waals surface area contributed by atoms with E-state index in [4.69, 9.17) is 15.2 Å². The number of hydrogen-bond acceptors (Lipinski definition) is 4. The zero-order valence-electron chi connectivity index (χ0n) is 11.8. The Kier molecular flexibility index (Phi) is 7.18. The van der Waals surface area contributed by atoms with Gasteiger partial charge in [-0.1, -0.05) is 30.4 Å². The minimum atomic E-state index is 0.0737. The van der Waals surface area contributed by atoms with E-state index in [-0.39, 0.29) is 6.04 Å². The highest BCUT2D eigenvalue weighted by Crippen LogP contribution is 2.23. The van der Waals surface area contributed by atoms with Gasteiger partial charge in [-0.3, -0.25) is 0 Å². The summed E-state index contributed by atoms with van der Waals surface area (Å²) in [4.78, 5) is 0. The van der Waals surface area contributed by atoms with Crippen molar-refractivity contribution >= 4 is 0 Å². The van der Waals surface area contributed by atoms with Crippen LogP contribution in [-0.4, -0.2) is 33.4 Å². The van der Waals surface area contributed by atoms with Crippen LogP contribution in [0.4, 0.5) is 0 Å². The van der Waals surface area contributed by atoms with E-state index in [0.717, 1.165) is 23.4 Å². The Balaban J connectivity index is 2.46. The monoisotopic (exact) mass is 264 g/mol. The molecular weight excluding hydrogens is 240 g/mol. The first-order valence-corrected chi connectivity index (χ1v) is 6.47. The highest BCUT2D eigenvalue weighted by Gasteiger charge is 2.13. The lowest BCUT2D eigenvalue weighted by Gasteiger charge is -2.19. The molecule has 0 aliphatic carbocycles. The molecule has 4 nitrogen and oxygen atoms in total. The Morgan fingerprint density at radius 3 is 2.79 bits per heavy atom. The molecule has 1 rings (SSSR count). The molecule has 1 aromatic carbocycles. The van der Waals surface area contributed by atoms with Gasteiger partial charge in [-0.2, -0.15) is 0 Å². The molecular formula is C15H24N2O2. The van der Waals surface area contributed by atoms with Crippen molar-refractivity contribution in [2.75, 3.05) is 33.4 Å². The fourth-order valence-electron chi connectivity index (χ4n) is 1.83. The Bertz CT molecular complexity index is 393. The molecule has 4 heteroatoms. The molecule has 0 aliphatic rings. The van der Waals surface area contributed by atoms with Crippen molar-refractivity contribution in [2.24, 2.45) is 5.73 Å². The number of para-hydroxylation sites is 1.